The molecule has 1 spiro atoms. The lowest BCUT2D eigenvalue weighted by atomic mass is 9.67. The fraction of sp³-hybridized carbons (Fsp3) is 0.391. The highest BCUT2D eigenvalue weighted by Gasteiger charge is 2.54. The summed E-state index contributed by atoms with van der Waals surface area (Å²) in [5.41, 5.74) is 7.41. The maximum Gasteiger partial charge on any atom is 0.251 e. The molecule has 2 aromatic carbocycles. The highest BCUT2D eigenvalue weighted by atomic mass is 79.9. The second-order valence-electron chi connectivity index (χ2n) is 8.28. The summed E-state index contributed by atoms with van der Waals surface area (Å²) >= 11 is 5.20. The van der Waals surface area contributed by atoms with E-state index in [1.807, 2.05) is 24.3 Å². The first-order chi connectivity index (χ1) is 15.0. The molecule has 31 heavy (non-hydrogen) atoms. The van der Waals surface area contributed by atoms with Gasteiger partial charge in [-0.05, 0) is 55.7 Å². The van der Waals surface area contributed by atoms with Gasteiger partial charge in [-0.1, -0.05) is 33.8 Å². The molecule has 3 aliphatic rings. The number of halogens is 1. The van der Waals surface area contributed by atoms with Gasteiger partial charge in [0.25, 0.3) is 5.91 Å². The average Bonchev–Trinajstić information content (AvgIpc) is 3.17. The largest absolute Gasteiger partial charge is 0.497 e. The Bertz CT molecular complexity index is 1060. The number of ether oxygens (including phenoxy) is 2. The average molecular weight is 502 g/mol. The summed E-state index contributed by atoms with van der Waals surface area (Å²) in [6, 6.07) is 13.4. The molecule has 2 aliphatic heterocycles. The molecule has 1 fully saturated rings. The second-order valence-corrected chi connectivity index (χ2v) is 10.2. The van der Waals surface area contributed by atoms with Gasteiger partial charge in [-0.15, -0.1) is 0 Å². The van der Waals surface area contributed by atoms with E-state index in [2.05, 4.69) is 27.3 Å². The molecule has 1 amide bonds. The van der Waals surface area contributed by atoms with E-state index in [4.69, 9.17) is 20.2 Å². The van der Waals surface area contributed by atoms with Gasteiger partial charge in [0.15, 0.2) is 5.17 Å². The maximum absolute atomic E-state index is 12.9. The number of aliphatic imine (C=N–C) groups is 1. The van der Waals surface area contributed by atoms with Crippen LogP contribution in [0.5, 0.6) is 11.5 Å². The number of fused-ring (bicyclic) bond motifs is 4. The molecular formula is C23H24BrN3O3S. The molecule has 0 bridgehead atoms. The van der Waals surface area contributed by atoms with Gasteiger partial charge in [0.2, 0.25) is 0 Å². The topological polar surface area (TPSA) is 85.9 Å². The van der Waals surface area contributed by atoms with Gasteiger partial charge in [0.05, 0.1) is 7.11 Å². The van der Waals surface area contributed by atoms with E-state index in [9.17, 15) is 4.79 Å². The van der Waals surface area contributed by atoms with E-state index in [-0.39, 0.29) is 24.0 Å². The van der Waals surface area contributed by atoms with Gasteiger partial charge < -0.3 is 20.5 Å². The Kier molecular flexibility index (Phi) is 5.38. The zero-order valence-corrected chi connectivity index (χ0v) is 19.5. The summed E-state index contributed by atoms with van der Waals surface area (Å²) in [6.07, 6.45) is 2.59. The molecule has 0 radical (unpaired) electrons. The van der Waals surface area contributed by atoms with Crippen molar-refractivity contribution in [1.82, 2.24) is 5.32 Å². The summed E-state index contributed by atoms with van der Waals surface area (Å²) in [5.74, 6) is 2.42. The van der Waals surface area contributed by atoms with Crippen molar-refractivity contribution >= 4 is 38.8 Å². The number of rotatable bonds is 3. The van der Waals surface area contributed by atoms with Gasteiger partial charge in [0, 0.05) is 33.3 Å². The minimum atomic E-state index is -0.420. The van der Waals surface area contributed by atoms with Gasteiger partial charge in [-0.2, -0.15) is 0 Å². The molecule has 4 atom stereocenters. The summed E-state index contributed by atoms with van der Waals surface area (Å²) < 4.78 is 12.7. The van der Waals surface area contributed by atoms with Gasteiger partial charge in [-0.3, -0.25) is 4.79 Å². The van der Waals surface area contributed by atoms with Gasteiger partial charge in [0.1, 0.15) is 23.1 Å². The standard InChI is InChI=1S/C23H24BrN3O3S/c1-29-16-4-2-3-13(9-16)21(28)26-15-6-8-20-18(11-15)23(12-31-22(25)27-23)17-10-14(24)5-7-19(17)30-20/h2-5,7,9-10,15,18,20H,6,8,11-12H2,1H3,(H2,25,27)(H,26,28)/t15?,18-,20-,23?/m0/s1. The zero-order valence-electron chi connectivity index (χ0n) is 17.1. The predicted octanol–water partition coefficient (Wildman–Crippen LogP) is 4.07. The molecule has 8 heteroatoms. The monoisotopic (exact) mass is 501 g/mol. The Labute approximate surface area is 194 Å². The Hall–Kier alpha value is -2.19. The van der Waals surface area contributed by atoms with Crippen molar-refractivity contribution in [1.29, 1.82) is 0 Å². The number of benzene rings is 2. The number of amidine groups is 1. The van der Waals surface area contributed by atoms with Crippen LogP contribution in [0.25, 0.3) is 0 Å². The van der Waals surface area contributed by atoms with Crippen molar-refractivity contribution in [2.24, 2.45) is 16.6 Å². The van der Waals surface area contributed by atoms with Crippen molar-refractivity contribution < 1.29 is 14.3 Å². The number of hydrogen-bond acceptors (Lipinski definition) is 6. The quantitative estimate of drug-likeness (QED) is 0.661. The minimum Gasteiger partial charge on any atom is -0.497 e. The Morgan fingerprint density at radius 1 is 1.32 bits per heavy atom. The highest BCUT2D eigenvalue weighted by Crippen LogP contribution is 2.54. The smallest absolute Gasteiger partial charge is 0.251 e. The fourth-order valence-electron chi connectivity index (χ4n) is 5.03. The summed E-state index contributed by atoms with van der Waals surface area (Å²) in [5, 5.41) is 3.85. The number of carbonyl (C=O) groups is 1. The minimum absolute atomic E-state index is 0.0520. The van der Waals surface area contributed by atoms with Crippen molar-refractivity contribution in [2.45, 2.75) is 36.9 Å². The van der Waals surface area contributed by atoms with Crippen molar-refractivity contribution in [3.63, 3.8) is 0 Å². The Morgan fingerprint density at radius 3 is 2.97 bits per heavy atom. The number of methoxy groups -OCH3 is 1. The molecule has 5 rings (SSSR count). The van der Waals surface area contributed by atoms with E-state index in [1.54, 1.807) is 31.0 Å². The van der Waals surface area contributed by atoms with E-state index in [1.165, 1.54) is 0 Å². The molecular weight excluding hydrogens is 478 g/mol. The highest BCUT2D eigenvalue weighted by molar-refractivity contribution is 9.10. The number of nitrogens with two attached hydrogens (primary N) is 1. The SMILES string of the molecule is COc1cccc(C(=O)NC2CC[C@@H]3Oc4ccc(Br)cc4C4(CSC(N)=N4)[C@H]3C2)c1. The zero-order chi connectivity index (χ0) is 21.6. The summed E-state index contributed by atoms with van der Waals surface area (Å²) in [6.45, 7) is 0. The first-order valence-electron chi connectivity index (χ1n) is 10.4. The van der Waals surface area contributed by atoms with Gasteiger partial charge >= 0.3 is 0 Å². The maximum atomic E-state index is 12.9. The van der Waals surface area contributed by atoms with Crippen LogP contribution in [-0.2, 0) is 5.54 Å². The fourth-order valence-corrected chi connectivity index (χ4v) is 6.42. The summed E-state index contributed by atoms with van der Waals surface area (Å²) in [7, 11) is 1.60. The molecule has 0 aromatic heterocycles. The first-order valence-corrected chi connectivity index (χ1v) is 12.2. The summed E-state index contributed by atoms with van der Waals surface area (Å²) in [4.78, 5) is 17.9. The molecule has 0 saturated heterocycles. The third-order valence-corrected chi connectivity index (χ3v) is 7.97. The third-order valence-electron chi connectivity index (χ3n) is 6.50. The second kappa shape index (κ2) is 8.06. The van der Waals surface area contributed by atoms with Crippen molar-refractivity contribution in [2.75, 3.05) is 12.9 Å². The van der Waals surface area contributed by atoms with Crippen molar-refractivity contribution in [3.05, 3.63) is 58.1 Å². The van der Waals surface area contributed by atoms with E-state index < -0.39 is 5.54 Å². The van der Waals surface area contributed by atoms with Crippen LogP contribution >= 0.6 is 27.7 Å². The lowest BCUT2D eigenvalue weighted by Crippen LogP contribution is -2.54. The third kappa shape index (κ3) is 3.69. The molecule has 3 N–H and O–H groups in total. The molecule has 162 valence electrons. The van der Waals surface area contributed by atoms with Gasteiger partial charge in [-0.25, -0.2) is 4.99 Å². The first kappa shape index (κ1) is 20.7. The predicted molar refractivity (Wildman–Crippen MR) is 126 cm³/mol. The number of hydrogen-bond donors (Lipinski definition) is 2. The molecule has 2 heterocycles. The van der Waals surface area contributed by atoms with Crippen LogP contribution in [0, 0.1) is 5.92 Å². The van der Waals surface area contributed by atoms with Crippen LogP contribution in [-0.4, -0.2) is 36.1 Å². The van der Waals surface area contributed by atoms with E-state index >= 15 is 0 Å². The van der Waals surface area contributed by atoms with Crippen LogP contribution < -0.4 is 20.5 Å². The van der Waals surface area contributed by atoms with Crippen molar-refractivity contribution in [3.8, 4) is 11.5 Å². The lowest BCUT2D eigenvalue weighted by molar-refractivity contribution is 0.0155. The number of amides is 1. The number of nitrogens with zero attached hydrogens (tertiary/aromatic N) is 1. The molecule has 1 aliphatic carbocycles. The molecule has 2 aromatic rings. The number of carbonyl (C=O) groups excluding carboxylic acids is 1. The molecule has 6 nitrogen and oxygen atoms in total. The lowest BCUT2D eigenvalue weighted by Gasteiger charge is -2.48. The number of thioether (sulfide) groups is 1. The Morgan fingerprint density at radius 2 is 2.19 bits per heavy atom. The van der Waals surface area contributed by atoms with E-state index in [0.29, 0.717) is 16.5 Å². The Balaban J connectivity index is 1.42. The van der Waals surface area contributed by atoms with Crippen LogP contribution in [0.2, 0.25) is 0 Å². The van der Waals surface area contributed by atoms with Crippen LogP contribution in [0.15, 0.2) is 51.9 Å². The van der Waals surface area contributed by atoms with Crippen LogP contribution in [0.1, 0.15) is 35.2 Å². The van der Waals surface area contributed by atoms with E-state index in [0.717, 1.165) is 40.8 Å². The molecule has 2 unspecified atom stereocenters. The number of nitrogens with one attached hydrogen (secondary N) is 1. The normalized spacial score (nSPS) is 28.8. The molecule has 1 saturated carbocycles. The van der Waals surface area contributed by atoms with Crippen LogP contribution in [0.4, 0.5) is 0 Å². The van der Waals surface area contributed by atoms with Crippen LogP contribution in [0.3, 0.4) is 0 Å².